The number of aryl methyl sites for hydroxylation is 1. The monoisotopic (exact) mass is 238 g/mol. The molecule has 0 aromatic carbocycles. The number of nitrogens with zero attached hydrogens (tertiary/aromatic N) is 2. The van der Waals surface area contributed by atoms with E-state index in [1.807, 2.05) is 18.5 Å². The average molecular weight is 238 g/mol. The van der Waals surface area contributed by atoms with E-state index < -0.39 is 0 Å². The third kappa shape index (κ3) is 2.94. The molecule has 0 fully saturated rings. The van der Waals surface area contributed by atoms with Gasteiger partial charge in [-0.25, -0.2) is 0 Å². The first-order chi connectivity index (χ1) is 8.04. The van der Waals surface area contributed by atoms with Gasteiger partial charge in [-0.15, -0.1) is 0 Å². The fourth-order valence-electron chi connectivity index (χ4n) is 2.03. The summed E-state index contributed by atoms with van der Waals surface area (Å²) in [5.74, 6) is 0.106. The fourth-order valence-corrected chi connectivity index (χ4v) is 2.03. The van der Waals surface area contributed by atoms with E-state index in [2.05, 4.69) is 12.0 Å². The molecule has 0 aliphatic heterocycles. The van der Waals surface area contributed by atoms with Crippen LogP contribution in [0.1, 0.15) is 49.4 Å². The van der Waals surface area contributed by atoms with Crippen molar-refractivity contribution in [3.05, 3.63) is 17.0 Å². The molecule has 4 heteroatoms. The van der Waals surface area contributed by atoms with Gasteiger partial charge in [-0.05, 0) is 26.7 Å². The van der Waals surface area contributed by atoms with E-state index in [0.717, 1.165) is 29.8 Å². The first-order valence-electron chi connectivity index (χ1n) is 6.17. The molecule has 1 heterocycles. The molecule has 0 spiro atoms. The lowest BCUT2D eigenvalue weighted by molar-refractivity contribution is 0.0980. The number of ether oxygens (including phenoxy) is 1. The van der Waals surface area contributed by atoms with Gasteiger partial charge in [0.15, 0.2) is 5.78 Å². The van der Waals surface area contributed by atoms with Crippen molar-refractivity contribution < 1.29 is 9.53 Å². The first kappa shape index (κ1) is 13.9. The van der Waals surface area contributed by atoms with Crippen LogP contribution < -0.4 is 0 Å². The maximum Gasteiger partial charge on any atom is 0.163 e. The minimum absolute atomic E-state index is 0.102. The lowest BCUT2D eigenvalue weighted by Crippen LogP contribution is -2.18. The molecule has 1 atom stereocenters. The van der Waals surface area contributed by atoms with Crippen molar-refractivity contribution in [3.63, 3.8) is 0 Å². The number of hydrogen-bond acceptors (Lipinski definition) is 3. The Balaban J connectivity index is 3.17. The highest BCUT2D eigenvalue weighted by atomic mass is 16.5. The van der Waals surface area contributed by atoms with Gasteiger partial charge in [0.1, 0.15) is 0 Å². The lowest BCUT2D eigenvalue weighted by Gasteiger charge is -2.12. The van der Waals surface area contributed by atoms with Gasteiger partial charge in [-0.1, -0.05) is 13.8 Å². The molecule has 0 aliphatic carbocycles. The highest BCUT2D eigenvalue weighted by Crippen LogP contribution is 2.17. The van der Waals surface area contributed by atoms with Crippen molar-refractivity contribution in [2.75, 3.05) is 7.11 Å². The van der Waals surface area contributed by atoms with Crippen LogP contribution in [0, 0.1) is 0 Å². The summed E-state index contributed by atoms with van der Waals surface area (Å²) in [6.07, 6.45) is 1.71. The van der Waals surface area contributed by atoms with Crippen LogP contribution in [-0.2, 0) is 24.1 Å². The number of carbonyl (C=O) groups is 1. The molecule has 96 valence electrons. The average Bonchev–Trinajstić information content (AvgIpc) is 2.66. The molecular formula is C13H22N2O2. The highest BCUT2D eigenvalue weighted by Gasteiger charge is 2.19. The second kappa shape index (κ2) is 5.96. The van der Waals surface area contributed by atoms with Crippen LogP contribution in [0.25, 0.3) is 0 Å². The van der Waals surface area contributed by atoms with E-state index >= 15 is 0 Å². The minimum atomic E-state index is 0.102. The second-order valence-corrected chi connectivity index (χ2v) is 4.26. The molecule has 17 heavy (non-hydrogen) atoms. The maximum atomic E-state index is 11.7. The molecule has 1 aromatic heterocycles. The largest absolute Gasteiger partial charge is 0.380 e. The summed E-state index contributed by atoms with van der Waals surface area (Å²) in [5, 5.41) is 4.52. The van der Waals surface area contributed by atoms with Crippen LogP contribution >= 0.6 is 0 Å². The Morgan fingerprint density at radius 1 is 1.41 bits per heavy atom. The summed E-state index contributed by atoms with van der Waals surface area (Å²) in [6, 6.07) is 0. The summed E-state index contributed by atoms with van der Waals surface area (Å²) in [4.78, 5) is 11.7. The van der Waals surface area contributed by atoms with Gasteiger partial charge >= 0.3 is 0 Å². The number of ketones is 1. The lowest BCUT2D eigenvalue weighted by atomic mass is 10.1. The molecule has 0 radical (unpaired) electrons. The predicted octanol–water partition coefficient (Wildman–Crippen LogP) is 2.25. The molecule has 0 amide bonds. The third-order valence-electron chi connectivity index (χ3n) is 2.98. The second-order valence-electron chi connectivity index (χ2n) is 4.26. The first-order valence-corrected chi connectivity index (χ1v) is 6.17. The van der Waals surface area contributed by atoms with Crippen LogP contribution in [0.4, 0.5) is 0 Å². The van der Waals surface area contributed by atoms with Crippen molar-refractivity contribution in [2.45, 2.75) is 53.2 Å². The fraction of sp³-hybridized carbons (Fsp3) is 0.692. The zero-order valence-electron chi connectivity index (χ0n) is 11.4. The van der Waals surface area contributed by atoms with Crippen LogP contribution in [0.3, 0.4) is 0 Å². The van der Waals surface area contributed by atoms with Crippen LogP contribution in [-0.4, -0.2) is 28.8 Å². The van der Waals surface area contributed by atoms with Gasteiger partial charge in [0.2, 0.25) is 0 Å². The Kier molecular flexibility index (Phi) is 4.87. The van der Waals surface area contributed by atoms with Gasteiger partial charge in [-0.3, -0.25) is 9.48 Å². The van der Waals surface area contributed by atoms with Gasteiger partial charge in [0, 0.05) is 12.8 Å². The molecule has 1 unspecified atom stereocenters. The summed E-state index contributed by atoms with van der Waals surface area (Å²) < 4.78 is 7.17. The standard InChI is InChI=1S/C13H22N2O2/c1-6-11-13(10(4)16)12(7-2)15(14-11)8-9(3)17-5/h9H,6-8H2,1-5H3. The van der Waals surface area contributed by atoms with Gasteiger partial charge in [0.05, 0.1) is 23.9 Å². The minimum Gasteiger partial charge on any atom is -0.380 e. The Hall–Kier alpha value is -1.16. The Labute approximate surface area is 103 Å². The zero-order chi connectivity index (χ0) is 13.0. The Bertz CT molecular complexity index is 396. The number of hydrogen-bond donors (Lipinski definition) is 0. The number of rotatable bonds is 6. The smallest absolute Gasteiger partial charge is 0.163 e. The molecule has 4 nitrogen and oxygen atoms in total. The summed E-state index contributed by atoms with van der Waals surface area (Å²) in [5.41, 5.74) is 2.73. The molecule has 1 aromatic rings. The molecule has 1 rings (SSSR count). The van der Waals surface area contributed by atoms with E-state index in [-0.39, 0.29) is 11.9 Å². The van der Waals surface area contributed by atoms with Crippen LogP contribution in [0.15, 0.2) is 0 Å². The predicted molar refractivity (Wildman–Crippen MR) is 67.5 cm³/mol. The Morgan fingerprint density at radius 3 is 2.47 bits per heavy atom. The molecule has 0 bridgehead atoms. The quantitative estimate of drug-likeness (QED) is 0.714. The SMILES string of the molecule is CCc1nn(CC(C)OC)c(CC)c1C(C)=O. The maximum absolute atomic E-state index is 11.7. The van der Waals surface area contributed by atoms with E-state index in [1.54, 1.807) is 14.0 Å². The topological polar surface area (TPSA) is 44.1 Å². The van der Waals surface area contributed by atoms with Crippen molar-refractivity contribution in [2.24, 2.45) is 0 Å². The number of aromatic nitrogens is 2. The molecule has 0 saturated heterocycles. The van der Waals surface area contributed by atoms with E-state index in [1.165, 1.54) is 0 Å². The van der Waals surface area contributed by atoms with Crippen LogP contribution in [0.5, 0.6) is 0 Å². The van der Waals surface area contributed by atoms with Crippen molar-refractivity contribution in [3.8, 4) is 0 Å². The molecular weight excluding hydrogens is 216 g/mol. The van der Waals surface area contributed by atoms with E-state index in [9.17, 15) is 4.79 Å². The number of Topliss-reactive ketones (excluding diaryl/α,β-unsaturated/α-hetero) is 1. The van der Waals surface area contributed by atoms with Gasteiger partial charge < -0.3 is 4.74 Å². The third-order valence-corrected chi connectivity index (χ3v) is 2.98. The van der Waals surface area contributed by atoms with E-state index in [0.29, 0.717) is 6.54 Å². The normalized spacial score (nSPS) is 12.8. The summed E-state index contributed by atoms with van der Waals surface area (Å²) in [6.45, 7) is 8.38. The van der Waals surface area contributed by atoms with Crippen molar-refractivity contribution in [1.82, 2.24) is 9.78 Å². The Morgan fingerprint density at radius 2 is 2.06 bits per heavy atom. The summed E-state index contributed by atoms with van der Waals surface area (Å²) >= 11 is 0. The van der Waals surface area contributed by atoms with Crippen LogP contribution in [0.2, 0.25) is 0 Å². The van der Waals surface area contributed by atoms with Gasteiger partial charge in [0.25, 0.3) is 0 Å². The zero-order valence-corrected chi connectivity index (χ0v) is 11.4. The number of carbonyl (C=O) groups excluding carboxylic acids is 1. The number of methoxy groups -OCH3 is 1. The van der Waals surface area contributed by atoms with Crippen molar-refractivity contribution >= 4 is 5.78 Å². The van der Waals surface area contributed by atoms with Gasteiger partial charge in [-0.2, -0.15) is 5.10 Å². The molecule has 0 saturated carbocycles. The summed E-state index contributed by atoms with van der Waals surface area (Å²) in [7, 11) is 1.69. The molecule has 0 aliphatic rings. The van der Waals surface area contributed by atoms with E-state index in [4.69, 9.17) is 4.74 Å². The van der Waals surface area contributed by atoms with Crippen molar-refractivity contribution in [1.29, 1.82) is 0 Å². The highest BCUT2D eigenvalue weighted by molar-refractivity contribution is 5.96. The molecule has 0 N–H and O–H groups in total.